The third-order valence-electron chi connectivity index (χ3n) is 2.67. The Bertz CT molecular complexity index is 492. The third kappa shape index (κ3) is 7.08. The van der Waals surface area contributed by atoms with Crippen molar-refractivity contribution in [3.63, 3.8) is 0 Å². The number of nitrogens with one attached hydrogen (secondary N) is 2. The second kappa shape index (κ2) is 8.38. The molecule has 6 nitrogen and oxygen atoms in total. The Balaban J connectivity index is 2.22. The molecule has 0 spiro atoms. The maximum atomic E-state index is 11.4. The minimum absolute atomic E-state index is 0.346. The molecule has 0 radical (unpaired) electrons. The van der Waals surface area contributed by atoms with Crippen LogP contribution in [0.25, 0.3) is 0 Å². The Kier molecular flexibility index (Phi) is 6.85. The fraction of sp³-hybridized carbons (Fsp3) is 0.500. The minimum Gasteiger partial charge on any atom is -0.465 e. The molecule has 1 aromatic carbocycles. The van der Waals surface area contributed by atoms with Gasteiger partial charge in [-0.25, -0.2) is 9.59 Å². The van der Waals surface area contributed by atoms with Gasteiger partial charge in [0.25, 0.3) is 0 Å². The van der Waals surface area contributed by atoms with Gasteiger partial charge in [-0.05, 0) is 38.5 Å². The highest BCUT2D eigenvalue weighted by molar-refractivity contribution is 5.89. The zero-order valence-corrected chi connectivity index (χ0v) is 13.6. The molecular weight excluding hydrogens is 284 g/mol. The van der Waals surface area contributed by atoms with Crippen LogP contribution in [0.5, 0.6) is 0 Å². The summed E-state index contributed by atoms with van der Waals surface area (Å²) in [6, 6.07) is 7.17. The van der Waals surface area contributed by atoms with Gasteiger partial charge >= 0.3 is 12.1 Å². The summed E-state index contributed by atoms with van der Waals surface area (Å²) < 4.78 is 9.77. The molecule has 0 fully saturated rings. The van der Waals surface area contributed by atoms with E-state index in [0.29, 0.717) is 25.2 Å². The topological polar surface area (TPSA) is 76.7 Å². The van der Waals surface area contributed by atoms with Crippen molar-refractivity contribution in [2.24, 2.45) is 0 Å². The molecule has 0 aliphatic carbocycles. The Morgan fingerprint density at radius 1 is 1.09 bits per heavy atom. The lowest BCUT2D eigenvalue weighted by Crippen LogP contribution is -2.36. The average Bonchev–Trinajstić information content (AvgIpc) is 2.45. The van der Waals surface area contributed by atoms with E-state index in [4.69, 9.17) is 4.74 Å². The van der Waals surface area contributed by atoms with Crippen LogP contribution in [0, 0.1) is 0 Å². The molecule has 0 saturated heterocycles. The normalized spacial score (nSPS) is 10.9. The van der Waals surface area contributed by atoms with Crippen LogP contribution in [0.2, 0.25) is 0 Å². The van der Waals surface area contributed by atoms with E-state index in [2.05, 4.69) is 15.4 Å². The number of alkyl carbamates (subject to hydrolysis) is 1. The number of methoxy groups -OCH3 is 1. The molecular formula is C16H24N2O4. The van der Waals surface area contributed by atoms with Gasteiger partial charge in [0.05, 0.1) is 12.7 Å². The standard InChI is InChI=1S/C16H24N2O4/c1-16(2,3)22-15(20)18-10-9-17-11-12-5-7-13(8-6-12)14(19)21-4/h5-8,17H,9-11H2,1-4H3,(H,18,20). The SMILES string of the molecule is COC(=O)c1ccc(CNCCNC(=O)OC(C)(C)C)cc1. The Morgan fingerprint density at radius 2 is 1.73 bits per heavy atom. The van der Waals surface area contributed by atoms with Crippen molar-refractivity contribution in [3.8, 4) is 0 Å². The van der Waals surface area contributed by atoms with Crippen molar-refractivity contribution < 1.29 is 19.1 Å². The highest BCUT2D eigenvalue weighted by atomic mass is 16.6. The lowest BCUT2D eigenvalue weighted by Gasteiger charge is -2.19. The summed E-state index contributed by atoms with van der Waals surface area (Å²) in [5.74, 6) is -0.346. The maximum absolute atomic E-state index is 11.4. The van der Waals surface area contributed by atoms with E-state index in [9.17, 15) is 9.59 Å². The summed E-state index contributed by atoms with van der Waals surface area (Å²) in [5.41, 5.74) is 1.08. The van der Waals surface area contributed by atoms with Gasteiger partial charge in [0, 0.05) is 19.6 Å². The first-order valence-corrected chi connectivity index (χ1v) is 7.16. The van der Waals surface area contributed by atoms with Gasteiger partial charge in [0.2, 0.25) is 0 Å². The van der Waals surface area contributed by atoms with Gasteiger partial charge in [-0.2, -0.15) is 0 Å². The fourth-order valence-electron chi connectivity index (χ4n) is 1.68. The average molecular weight is 308 g/mol. The number of rotatable bonds is 6. The second-order valence-electron chi connectivity index (χ2n) is 5.79. The molecule has 0 unspecified atom stereocenters. The molecule has 0 atom stereocenters. The van der Waals surface area contributed by atoms with Crippen LogP contribution < -0.4 is 10.6 Å². The van der Waals surface area contributed by atoms with Gasteiger partial charge in [-0.3, -0.25) is 0 Å². The predicted octanol–water partition coefficient (Wildman–Crippen LogP) is 2.09. The first kappa shape index (κ1) is 18.0. The largest absolute Gasteiger partial charge is 0.465 e. The van der Waals surface area contributed by atoms with Crippen molar-refractivity contribution >= 4 is 12.1 Å². The van der Waals surface area contributed by atoms with E-state index in [1.807, 2.05) is 32.9 Å². The Morgan fingerprint density at radius 3 is 2.27 bits per heavy atom. The van der Waals surface area contributed by atoms with Crippen LogP contribution in [-0.2, 0) is 16.0 Å². The molecule has 1 rings (SSSR count). The molecule has 6 heteroatoms. The van der Waals surface area contributed by atoms with Gasteiger partial charge in [0.1, 0.15) is 5.60 Å². The number of amides is 1. The summed E-state index contributed by atoms with van der Waals surface area (Å²) in [5, 5.41) is 5.87. The smallest absolute Gasteiger partial charge is 0.407 e. The Labute approximate surface area is 131 Å². The van der Waals surface area contributed by atoms with Crippen molar-refractivity contribution in [1.82, 2.24) is 10.6 Å². The van der Waals surface area contributed by atoms with E-state index in [-0.39, 0.29) is 5.97 Å². The number of carbonyl (C=O) groups is 2. The minimum atomic E-state index is -0.487. The number of carbonyl (C=O) groups excluding carboxylic acids is 2. The van der Waals surface area contributed by atoms with Crippen LogP contribution in [0.1, 0.15) is 36.7 Å². The second-order valence-corrected chi connectivity index (χ2v) is 5.79. The number of hydrogen-bond donors (Lipinski definition) is 2. The van der Waals surface area contributed by atoms with Crippen LogP contribution in [-0.4, -0.2) is 37.9 Å². The van der Waals surface area contributed by atoms with Crippen LogP contribution in [0.3, 0.4) is 0 Å². The quantitative estimate of drug-likeness (QED) is 0.621. The zero-order valence-electron chi connectivity index (χ0n) is 13.6. The first-order valence-electron chi connectivity index (χ1n) is 7.16. The monoisotopic (exact) mass is 308 g/mol. The number of ether oxygens (including phenoxy) is 2. The molecule has 1 amide bonds. The van der Waals surface area contributed by atoms with Crippen molar-refractivity contribution in [2.45, 2.75) is 32.9 Å². The zero-order chi connectivity index (χ0) is 16.6. The van der Waals surface area contributed by atoms with Crippen LogP contribution in [0.15, 0.2) is 24.3 Å². The van der Waals surface area contributed by atoms with Crippen molar-refractivity contribution in [3.05, 3.63) is 35.4 Å². The molecule has 122 valence electrons. The highest BCUT2D eigenvalue weighted by Crippen LogP contribution is 2.06. The number of benzene rings is 1. The summed E-state index contributed by atoms with van der Waals surface area (Å²) in [6.07, 6.45) is -0.420. The molecule has 0 aliphatic rings. The van der Waals surface area contributed by atoms with E-state index in [1.165, 1.54) is 7.11 Å². The van der Waals surface area contributed by atoms with Gasteiger partial charge in [-0.15, -0.1) is 0 Å². The molecule has 0 aliphatic heterocycles. The summed E-state index contributed by atoms with van der Waals surface area (Å²) in [7, 11) is 1.36. The summed E-state index contributed by atoms with van der Waals surface area (Å²) in [4.78, 5) is 22.7. The van der Waals surface area contributed by atoms with Crippen molar-refractivity contribution in [1.29, 1.82) is 0 Å². The number of hydrogen-bond acceptors (Lipinski definition) is 5. The molecule has 22 heavy (non-hydrogen) atoms. The lowest BCUT2D eigenvalue weighted by molar-refractivity contribution is 0.0527. The molecule has 1 aromatic rings. The summed E-state index contributed by atoms with van der Waals surface area (Å²) >= 11 is 0. The highest BCUT2D eigenvalue weighted by Gasteiger charge is 2.15. The van der Waals surface area contributed by atoms with Crippen LogP contribution >= 0.6 is 0 Å². The summed E-state index contributed by atoms with van der Waals surface area (Å²) in [6.45, 7) is 7.22. The van der Waals surface area contributed by atoms with Gasteiger partial charge in [-0.1, -0.05) is 12.1 Å². The molecule has 0 heterocycles. The fourth-order valence-corrected chi connectivity index (χ4v) is 1.68. The molecule has 0 aromatic heterocycles. The van der Waals surface area contributed by atoms with Gasteiger partial charge in [0.15, 0.2) is 0 Å². The van der Waals surface area contributed by atoms with Crippen LogP contribution in [0.4, 0.5) is 4.79 Å². The Hall–Kier alpha value is -2.08. The molecule has 0 bridgehead atoms. The van der Waals surface area contributed by atoms with E-state index in [0.717, 1.165) is 5.56 Å². The van der Waals surface area contributed by atoms with E-state index < -0.39 is 11.7 Å². The van der Waals surface area contributed by atoms with E-state index >= 15 is 0 Å². The molecule has 2 N–H and O–H groups in total. The third-order valence-corrected chi connectivity index (χ3v) is 2.67. The van der Waals surface area contributed by atoms with E-state index in [1.54, 1.807) is 12.1 Å². The maximum Gasteiger partial charge on any atom is 0.407 e. The molecule has 0 saturated carbocycles. The van der Waals surface area contributed by atoms with Gasteiger partial charge < -0.3 is 20.1 Å². The lowest BCUT2D eigenvalue weighted by atomic mass is 10.1. The number of esters is 1. The predicted molar refractivity (Wildman–Crippen MR) is 83.7 cm³/mol. The first-order chi connectivity index (χ1) is 10.3. The van der Waals surface area contributed by atoms with Crippen molar-refractivity contribution in [2.75, 3.05) is 20.2 Å².